The van der Waals surface area contributed by atoms with E-state index in [4.69, 9.17) is 10.5 Å². The third-order valence-corrected chi connectivity index (χ3v) is 4.18. The van der Waals surface area contributed by atoms with Crippen LogP contribution in [0.2, 0.25) is 0 Å². The van der Waals surface area contributed by atoms with E-state index < -0.39 is 10.0 Å². The molecule has 0 saturated carbocycles. The van der Waals surface area contributed by atoms with E-state index in [0.717, 1.165) is 11.3 Å². The largest absolute Gasteiger partial charge is 0.492 e. The van der Waals surface area contributed by atoms with Gasteiger partial charge in [-0.15, -0.1) is 0 Å². The van der Waals surface area contributed by atoms with E-state index in [1.165, 1.54) is 0 Å². The Morgan fingerprint density at radius 1 is 1.43 bits per heavy atom. The number of nitrogens with one attached hydrogen (secondary N) is 2. The number of nitrogen functional groups attached to an aromatic ring is 1. The molecular formula is C13H18N4O3S. The number of H-pyrrole nitrogens is 1. The smallest absolute Gasteiger partial charge is 0.215 e. The monoisotopic (exact) mass is 310 g/mol. The fourth-order valence-electron chi connectivity index (χ4n) is 1.69. The molecule has 0 aliphatic carbocycles. The maximum atomic E-state index is 11.8. The molecule has 0 aliphatic rings. The first-order valence-corrected chi connectivity index (χ1v) is 8.06. The summed E-state index contributed by atoms with van der Waals surface area (Å²) in [7, 11) is -3.40. The Labute approximate surface area is 123 Å². The SMILES string of the molecule is Cc1[nH]ncc1CNS(=O)(=O)CCOc1cccc(N)c1. The fourth-order valence-corrected chi connectivity index (χ4v) is 2.51. The number of hydrogen-bond donors (Lipinski definition) is 3. The second-order valence-electron chi connectivity index (χ2n) is 4.58. The summed E-state index contributed by atoms with van der Waals surface area (Å²) in [6.07, 6.45) is 1.60. The highest BCUT2D eigenvalue weighted by Gasteiger charge is 2.11. The maximum Gasteiger partial charge on any atom is 0.215 e. The number of sulfonamides is 1. The van der Waals surface area contributed by atoms with Gasteiger partial charge in [0, 0.05) is 29.6 Å². The van der Waals surface area contributed by atoms with Gasteiger partial charge in [-0.2, -0.15) is 5.10 Å². The Morgan fingerprint density at radius 2 is 2.24 bits per heavy atom. The van der Waals surface area contributed by atoms with E-state index in [-0.39, 0.29) is 18.9 Å². The van der Waals surface area contributed by atoms with Crippen LogP contribution < -0.4 is 15.2 Å². The van der Waals surface area contributed by atoms with Gasteiger partial charge in [0.2, 0.25) is 10.0 Å². The molecule has 0 aliphatic heterocycles. The number of hydrogen-bond acceptors (Lipinski definition) is 5. The number of aromatic amines is 1. The van der Waals surface area contributed by atoms with Gasteiger partial charge in [-0.1, -0.05) is 6.07 Å². The van der Waals surface area contributed by atoms with Crippen molar-refractivity contribution in [2.45, 2.75) is 13.5 Å². The van der Waals surface area contributed by atoms with Crippen molar-refractivity contribution in [3.8, 4) is 5.75 Å². The molecular weight excluding hydrogens is 292 g/mol. The van der Waals surface area contributed by atoms with Crippen LogP contribution in [0.15, 0.2) is 30.5 Å². The fraction of sp³-hybridized carbons (Fsp3) is 0.308. The lowest BCUT2D eigenvalue weighted by atomic mass is 10.3. The first kappa shape index (κ1) is 15.3. The summed E-state index contributed by atoms with van der Waals surface area (Å²) in [6, 6.07) is 6.86. The van der Waals surface area contributed by atoms with Crippen molar-refractivity contribution in [3.63, 3.8) is 0 Å². The third-order valence-electron chi connectivity index (χ3n) is 2.90. The maximum absolute atomic E-state index is 11.8. The van der Waals surface area contributed by atoms with Crippen molar-refractivity contribution in [3.05, 3.63) is 41.7 Å². The standard InChI is InChI=1S/C13H18N4O3S/c1-10-11(8-15-17-10)9-16-21(18,19)6-5-20-13-4-2-3-12(14)7-13/h2-4,7-8,16H,5-6,9,14H2,1H3,(H,15,17). The Hall–Kier alpha value is -2.06. The van der Waals surface area contributed by atoms with Gasteiger partial charge in [-0.05, 0) is 19.1 Å². The highest BCUT2D eigenvalue weighted by molar-refractivity contribution is 7.89. The summed E-state index contributed by atoms with van der Waals surface area (Å²) in [4.78, 5) is 0. The number of ether oxygens (including phenoxy) is 1. The first-order chi connectivity index (χ1) is 9.96. The lowest BCUT2D eigenvalue weighted by Crippen LogP contribution is -2.28. The minimum atomic E-state index is -3.40. The van der Waals surface area contributed by atoms with Gasteiger partial charge in [0.05, 0.1) is 11.9 Å². The van der Waals surface area contributed by atoms with Crippen molar-refractivity contribution in [1.29, 1.82) is 0 Å². The number of benzene rings is 1. The number of rotatable bonds is 7. The minimum absolute atomic E-state index is 0.0587. The van der Waals surface area contributed by atoms with Crippen LogP contribution in [0, 0.1) is 6.92 Å². The van der Waals surface area contributed by atoms with Crippen LogP contribution in [0.5, 0.6) is 5.75 Å². The van der Waals surface area contributed by atoms with Crippen LogP contribution in [0.3, 0.4) is 0 Å². The van der Waals surface area contributed by atoms with Gasteiger partial charge >= 0.3 is 0 Å². The Morgan fingerprint density at radius 3 is 2.90 bits per heavy atom. The zero-order valence-electron chi connectivity index (χ0n) is 11.7. The molecule has 0 saturated heterocycles. The van der Waals surface area contributed by atoms with Gasteiger partial charge < -0.3 is 10.5 Å². The van der Waals surface area contributed by atoms with Crippen molar-refractivity contribution in [2.75, 3.05) is 18.1 Å². The molecule has 1 aromatic heterocycles. The first-order valence-electron chi connectivity index (χ1n) is 6.41. The Balaban J connectivity index is 1.80. The second kappa shape index (κ2) is 6.59. The summed E-state index contributed by atoms with van der Waals surface area (Å²) in [5.74, 6) is 0.425. The molecule has 8 heteroatoms. The second-order valence-corrected chi connectivity index (χ2v) is 6.51. The van der Waals surface area contributed by atoms with Crippen molar-refractivity contribution >= 4 is 15.7 Å². The summed E-state index contributed by atoms with van der Waals surface area (Å²) in [6.45, 7) is 2.10. The molecule has 0 amide bonds. The quantitative estimate of drug-likeness (QED) is 0.655. The Bertz CT molecular complexity index is 697. The van der Waals surface area contributed by atoms with E-state index in [9.17, 15) is 8.42 Å². The van der Waals surface area contributed by atoms with Gasteiger partial charge in [-0.3, -0.25) is 5.10 Å². The molecule has 114 valence electrons. The molecule has 0 atom stereocenters. The van der Waals surface area contributed by atoms with Crippen molar-refractivity contribution in [2.24, 2.45) is 0 Å². The summed E-state index contributed by atoms with van der Waals surface area (Å²) >= 11 is 0. The molecule has 0 fully saturated rings. The highest BCUT2D eigenvalue weighted by atomic mass is 32.2. The molecule has 0 unspecified atom stereocenters. The average Bonchev–Trinajstić information content (AvgIpc) is 2.82. The summed E-state index contributed by atoms with van der Waals surface area (Å²) in [5.41, 5.74) is 7.84. The molecule has 0 spiro atoms. The third kappa shape index (κ3) is 4.76. The minimum Gasteiger partial charge on any atom is -0.492 e. The van der Waals surface area contributed by atoms with Gasteiger partial charge in [-0.25, -0.2) is 13.1 Å². The van der Waals surface area contributed by atoms with Crippen molar-refractivity contribution in [1.82, 2.24) is 14.9 Å². The number of aromatic nitrogens is 2. The van der Waals surface area contributed by atoms with E-state index in [1.807, 2.05) is 6.92 Å². The molecule has 2 rings (SSSR count). The predicted octanol–water partition coefficient (Wildman–Crippen LogP) is 0.799. The van der Waals surface area contributed by atoms with E-state index in [0.29, 0.717) is 11.4 Å². The van der Waals surface area contributed by atoms with Crippen LogP contribution in [-0.4, -0.2) is 31.0 Å². The zero-order valence-corrected chi connectivity index (χ0v) is 12.5. The molecule has 4 N–H and O–H groups in total. The Kier molecular flexibility index (Phi) is 4.81. The van der Waals surface area contributed by atoms with Gasteiger partial charge in [0.15, 0.2) is 0 Å². The lowest BCUT2D eigenvalue weighted by molar-refractivity contribution is 0.340. The highest BCUT2D eigenvalue weighted by Crippen LogP contribution is 2.14. The number of nitrogens with two attached hydrogens (primary N) is 1. The van der Waals surface area contributed by atoms with E-state index in [2.05, 4.69) is 14.9 Å². The number of nitrogens with zero attached hydrogens (tertiary/aromatic N) is 1. The zero-order chi connectivity index (χ0) is 15.3. The van der Waals surface area contributed by atoms with Crippen LogP contribution >= 0.6 is 0 Å². The molecule has 21 heavy (non-hydrogen) atoms. The molecule has 1 heterocycles. The van der Waals surface area contributed by atoms with E-state index >= 15 is 0 Å². The van der Waals surface area contributed by atoms with Gasteiger partial charge in [0.1, 0.15) is 12.4 Å². The van der Waals surface area contributed by atoms with Crippen molar-refractivity contribution < 1.29 is 13.2 Å². The molecule has 0 bridgehead atoms. The van der Waals surface area contributed by atoms with Crippen LogP contribution in [0.1, 0.15) is 11.3 Å². The van der Waals surface area contributed by atoms with Gasteiger partial charge in [0.25, 0.3) is 0 Å². The lowest BCUT2D eigenvalue weighted by Gasteiger charge is -2.08. The molecule has 7 nitrogen and oxygen atoms in total. The average molecular weight is 310 g/mol. The molecule has 2 aromatic rings. The van der Waals surface area contributed by atoms with E-state index in [1.54, 1.807) is 30.5 Å². The predicted molar refractivity (Wildman–Crippen MR) is 80.3 cm³/mol. The summed E-state index contributed by atoms with van der Waals surface area (Å²) < 4.78 is 31.6. The van der Waals surface area contributed by atoms with Crippen LogP contribution in [0.4, 0.5) is 5.69 Å². The van der Waals surface area contributed by atoms with Crippen LogP contribution in [-0.2, 0) is 16.6 Å². The normalized spacial score (nSPS) is 11.5. The van der Waals surface area contributed by atoms with Crippen LogP contribution in [0.25, 0.3) is 0 Å². The number of aryl methyl sites for hydroxylation is 1. The topological polar surface area (TPSA) is 110 Å². The number of anilines is 1. The molecule has 0 radical (unpaired) electrons. The summed E-state index contributed by atoms with van der Waals surface area (Å²) in [5, 5.41) is 6.59. The molecule has 1 aromatic carbocycles.